The maximum atomic E-state index is 12.9. The zero-order chi connectivity index (χ0) is 53.9. The van der Waals surface area contributed by atoms with Crippen LogP contribution in [0.25, 0.3) is 89.1 Å². The first kappa shape index (κ1) is 13.2. The molecule has 0 N–H and O–H groups in total. The van der Waals surface area contributed by atoms with Crippen LogP contribution >= 0.6 is 0 Å². The van der Waals surface area contributed by atoms with Crippen molar-refractivity contribution < 1.29 is 37.3 Å². The molecule has 234 valence electrons. The van der Waals surface area contributed by atoms with E-state index in [1.807, 2.05) is 0 Å². The maximum Gasteiger partial charge on any atom is 0.328 e. The summed E-state index contributed by atoms with van der Waals surface area (Å²) in [5, 5.41) is -0.692. The summed E-state index contributed by atoms with van der Waals surface area (Å²) in [5.74, 6) is -0.860. The lowest BCUT2D eigenvalue weighted by Crippen LogP contribution is -2.19. The van der Waals surface area contributed by atoms with Crippen molar-refractivity contribution in [2.24, 2.45) is 14.1 Å². The van der Waals surface area contributed by atoms with Crippen LogP contribution in [0.5, 0.6) is 0 Å². The summed E-state index contributed by atoms with van der Waals surface area (Å²) in [5.41, 5.74) is -8.89. The lowest BCUT2D eigenvalue weighted by atomic mass is 9.99. The van der Waals surface area contributed by atoms with Gasteiger partial charge in [-0.3, -0.25) is 9.13 Å². The average molecular weight is 659 g/mol. The summed E-state index contributed by atoms with van der Waals surface area (Å²) < 4.78 is 220. The zero-order valence-electron chi connectivity index (χ0n) is 49.1. The van der Waals surface area contributed by atoms with Crippen LogP contribution in [-0.2, 0) is 14.1 Å². The molecule has 0 aliphatic rings. The topological polar surface area (TPSA) is 65.8 Å². The number of furan rings is 1. The summed E-state index contributed by atoms with van der Waals surface area (Å²) in [6.07, 6.45) is 0. The Balaban J connectivity index is 1.36. The van der Waals surface area contributed by atoms with E-state index in [2.05, 4.69) is 9.97 Å². The minimum Gasteiger partial charge on any atom is -0.456 e. The van der Waals surface area contributed by atoms with E-state index in [1.165, 1.54) is 14.1 Å². The molecule has 0 bridgehead atoms. The Morgan fingerprint density at radius 3 is 1.71 bits per heavy atom. The van der Waals surface area contributed by atoms with Crippen LogP contribution in [0.1, 0.15) is 32.9 Å². The number of para-hydroxylation sites is 1. The van der Waals surface area contributed by atoms with Crippen molar-refractivity contribution in [3.63, 3.8) is 0 Å². The van der Waals surface area contributed by atoms with Crippen molar-refractivity contribution in [1.82, 2.24) is 19.1 Å². The van der Waals surface area contributed by atoms with Crippen LogP contribution in [0.4, 0.5) is 0 Å². The Hall–Kier alpha value is -6.53. The molecule has 0 aliphatic heterocycles. The molecule has 0 amide bonds. The van der Waals surface area contributed by atoms with Crippen molar-refractivity contribution in [3.05, 3.63) is 156 Å². The van der Waals surface area contributed by atoms with Crippen molar-refractivity contribution >= 4 is 33.0 Å². The molecule has 0 spiro atoms. The van der Waals surface area contributed by atoms with E-state index in [0.29, 0.717) is 0 Å². The zero-order valence-corrected chi connectivity index (χ0v) is 25.1. The quantitative estimate of drug-likeness (QED) is 0.185. The summed E-state index contributed by atoms with van der Waals surface area (Å²) in [4.78, 5) is 21.4. The average Bonchev–Trinajstić information content (AvgIpc) is 3.87. The molecule has 9 rings (SSSR count). The maximum absolute atomic E-state index is 12.9. The Morgan fingerprint density at radius 1 is 0.490 bits per heavy atom. The van der Waals surface area contributed by atoms with Gasteiger partial charge in [-0.2, -0.15) is 0 Å². The van der Waals surface area contributed by atoms with E-state index in [4.69, 9.17) is 27.7 Å². The van der Waals surface area contributed by atoms with Gasteiger partial charge in [-0.25, -0.2) is 14.8 Å². The molecule has 6 nitrogen and oxygen atoms in total. The summed E-state index contributed by atoms with van der Waals surface area (Å²) in [6.45, 7) is 0. The van der Waals surface area contributed by atoms with Crippen LogP contribution in [0.15, 0.2) is 154 Å². The molecule has 0 saturated heterocycles. The number of hydrogen-bond donors (Lipinski definition) is 0. The molecular weight excluding hydrogens is 604 g/mol. The summed E-state index contributed by atoms with van der Waals surface area (Å²) in [7, 11) is 2.60. The second kappa shape index (κ2) is 11.3. The molecule has 6 aromatic carbocycles. The number of aryl methyl sites for hydroxylation is 2. The standard InChI is InChI=1S/C43H30N4O2/c1-46-38-23-21-32(24-39(38)47(2)43(46)48)27-12-16-29(17-13-27)36-26-37(45-42(44-36)31-8-4-3-5-9-31)30-18-14-28(15-19-30)33-20-22-35-34-10-6-7-11-40(34)49-41(35)25-33/h3-26H,1-2H3/i3D,4D,5D,6D,7D,8D,9D,10D,11D,12D,13D,14D,15D,16D,17D,18D,19D,20D,21D,22D,23D,24D,25D,26D. The highest BCUT2D eigenvalue weighted by Gasteiger charge is 2.14. The largest absolute Gasteiger partial charge is 0.456 e. The highest BCUT2D eigenvalue weighted by Crippen LogP contribution is 2.34. The molecule has 49 heavy (non-hydrogen) atoms. The van der Waals surface area contributed by atoms with E-state index in [1.54, 1.807) is 0 Å². The van der Waals surface area contributed by atoms with E-state index in [-0.39, 0.29) is 21.8 Å². The minimum absolute atomic E-state index is 0.124. The Kier molecular flexibility index (Phi) is 3.04. The monoisotopic (exact) mass is 658 g/mol. The van der Waals surface area contributed by atoms with Gasteiger partial charge in [0.1, 0.15) is 11.2 Å². The molecule has 0 fully saturated rings. The van der Waals surface area contributed by atoms with Crippen LogP contribution in [0.3, 0.4) is 0 Å². The van der Waals surface area contributed by atoms with Crippen LogP contribution in [0.2, 0.25) is 0 Å². The SMILES string of the molecule is [2H]c1c(-c2c([2H])c([2H])c(-c3c([2H])c([2H])c4c(oc5c([2H])c([2H])c([2H])c([2H])c54)c3[2H])c([2H])c2[2H])nc(-c2c([2H])c([2H])c([2H])c([2H])c2[2H])nc1-c1c([2H])c([2H])c(-c2c([2H])c([2H])c3c(c2[2H])n(C)c(=O)n3C)c([2H])c1[2H]. The number of nitrogens with zero attached hydrogens (tertiary/aromatic N) is 4. The predicted octanol–water partition coefficient (Wildman–Crippen LogP) is 9.90. The van der Waals surface area contributed by atoms with Gasteiger partial charge < -0.3 is 4.42 Å². The van der Waals surface area contributed by atoms with Crippen molar-refractivity contribution in [2.45, 2.75) is 0 Å². The smallest absolute Gasteiger partial charge is 0.328 e. The lowest BCUT2D eigenvalue weighted by molar-refractivity contribution is 0.669. The van der Waals surface area contributed by atoms with E-state index in [0.717, 1.165) is 9.13 Å². The Morgan fingerprint density at radius 2 is 1.02 bits per heavy atom. The number of aromatic nitrogens is 4. The third-order valence-electron chi connectivity index (χ3n) is 7.52. The van der Waals surface area contributed by atoms with Gasteiger partial charge in [0.05, 0.1) is 55.3 Å². The molecule has 9 aromatic rings. The van der Waals surface area contributed by atoms with Gasteiger partial charge in [-0.1, -0.05) is 109 Å². The summed E-state index contributed by atoms with van der Waals surface area (Å²) in [6, 6.07) is -20.6. The van der Waals surface area contributed by atoms with Crippen LogP contribution in [0, 0.1) is 0 Å². The number of rotatable bonds is 5. The van der Waals surface area contributed by atoms with Crippen molar-refractivity contribution in [2.75, 3.05) is 0 Å². The molecule has 3 heterocycles. The van der Waals surface area contributed by atoms with Gasteiger partial charge >= 0.3 is 5.69 Å². The Labute approximate surface area is 315 Å². The fourth-order valence-corrected chi connectivity index (χ4v) is 5.07. The number of benzene rings is 6. The molecule has 0 aliphatic carbocycles. The molecular formula is C43H30N4O2. The lowest BCUT2D eigenvalue weighted by Gasteiger charge is -2.11. The van der Waals surface area contributed by atoms with Gasteiger partial charge in [-0.15, -0.1) is 0 Å². The molecule has 0 radical (unpaired) electrons. The molecule has 0 atom stereocenters. The van der Waals surface area contributed by atoms with Crippen molar-refractivity contribution in [1.29, 1.82) is 0 Å². The third kappa shape index (κ3) is 4.93. The first-order valence-electron chi connectivity index (χ1n) is 26.3. The Bertz CT molecular complexity index is 4060. The van der Waals surface area contributed by atoms with Gasteiger partial charge in [0.2, 0.25) is 0 Å². The first-order chi connectivity index (χ1) is 34.0. The highest BCUT2D eigenvalue weighted by molar-refractivity contribution is 6.05. The van der Waals surface area contributed by atoms with E-state index in [9.17, 15) is 14.4 Å². The number of fused-ring (bicyclic) bond motifs is 4. The van der Waals surface area contributed by atoms with Crippen molar-refractivity contribution in [3.8, 4) is 56.2 Å². The molecule has 0 saturated carbocycles. The second-order valence-electron chi connectivity index (χ2n) is 10.5. The predicted molar refractivity (Wildman–Crippen MR) is 198 cm³/mol. The van der Waals surface area contributed by atoms with Gasteiger partial charge in [0.15, 0.2) is 5.82 Å². The number of hydrogen-bond acceptors (Lipinski definition) is 4. The van der Waals surface area contributed by atoms with E-state index >= 15 is 0 Å². The van der Waals surface area contributed by atoms with Gasteiger partial charge in [0, 0.05) is 41.6 Å². The molecule has 6 heteroatoms. The number of imidazole rings is 1. The molecule has 3 aromatic heterocycles. The van der Waals surface area contributed by atoms with Gasteiger partial charge in [0.25, 0.3) is 0 Å². The summed E-state index contributed by atoms with van der Waals surface area (Å²) >= 11 is 0. The van der Waals surface area contributed by atoms with Crippen LogP contribution in [-0.4, -0.2) is 19.1 Å². The van der Waals surface area contributed by atoms with E-state index < -0.39 is 218 Å². The first-order valence-corrected chi connectivity index (χ1v) is 14.3. The fourth-order valence-electron chi connectivity index (χ4n) is 5.07. The normalized spacial score (nSPS) is 18.4. The molecule has 0 unspecified atom stereocenters. The third-order valence-corrected chi connectivity index (χ3v) is 7.52. The minimum atomic E-state index is -1.05. The van der Waals surface area contributed by atoms with Gasteiger partial charge in [-0.05, 0) is 58.5 Å². The second-order valence-corrected chi connectivity index (χ2v) is 10.5. The fraction of sp³-hybridized carbons (Fsp3) is 0.0465. The highest BCUT2D eigenvalue weighted by atomic mass is 16.3. The van der Waals surface area contributed by atoms with Crippen LogP contribution < -0.4 is 5.69 Å².